The van der Waals surface area contributed by atoms with Gasteiger partial charge in [-0.05, 0) is 82.0 Å². The summed E-state index contributed by atoms with van der Waals surface area (Å²) in [5, 5.41) is 0. The van der Waals surface area contributed by atoms with Crippen LogP contribution in [0.5, 0.6) is 5.75 Å². The lowest BCUT2D eigenvalue weighted by Crippen LogP contribution is -2.40. The predicted octanol–water partition coefficient (Wildman–Crippen LogP) is 4.05. The Morgan fingerprint density at radius 3 is 2.33 bits per heavy atom. The fourth-order valence-electron chi connectivity index (χ4n) is 3.83. The maximum Gasteiger partial charge on any atom is 0.309 e. The lowest BCUT2D eigenvalue weighted by atomic mass is 9.98. The van der Waals surface area contributed by atoms with E-state index >= 15 is 0 Å². The zero-order valence-corrected chi connectivity index (χ0v) is 20.4. The summed E-state index contributed by atoms with van der Waals surface area (Å²) >= 11 is 0. The van der Waals surface area contributed by atoms with Crippen molar-refractivity contribution in [2.24, 2.45) is 5.92 Å². The van der Waals surface area contributed by atoms with Crippen LogP contribution in [0.25, 0.3) is 0 Å². The summed E-state index contributed by atoms with van der Waals surface area (Å²) in [5.74, 6) is -0.246. The Balaban J connectivity index is 1.61. The minimum Gasteiger partial charge on any atom is -0.493 e. The fourth-order valence-corrected chi connectivity index (χ4v) is 5.38. The molecule has 8 heteroatoms. The van der Waals surface area contributed by atoms with Gasteiger partial charge in [0, 0.05) is 24.2 Å². The number of benzene rings is 2. The number of hydrogen-bond acceptors (Lipinski definition) is 6. The van der Waals surface area contributed by atoms with E-state index < -0.39 is 10.0 Å². The van der Waals surface area contributed by atoms with Crippen molar-refractivity contribution < 1.29 is 27.5 Å². The van der Waals surface area contributed by atoms with Gasteiger partial charge in [0.05, 0.1) is 17.4 Å². The molecule has 0 spiro atoms. The summed E-state index contributed by atoms with van der Waals surface area (Å²) in [6.45, 7) is 8.14. The Kier molecular flexibility index (Phi) is 7.92. The molecular weight excluding hydrogens is 442 g/mol. The maximum absolute atomic E-state index is 13.0. The summed E-state index contributed by atoms with van der Waals surface area (Å²) in [4.78, 5) is 24.6. The van der Waals surface area contributed by atoms with Gasteiger partial charge in [-0.25, -0.2) is 8.42 Å². The highest BCUT2D eigenvalue weighted by molar-refractivity contribution is 7.89. The molecule has 0 unspecified atom stereocenters. The number of hydrogen-bond donors (Lipinski definition) is 0. The fraction of sp³-hybridized carbons (Fsp3) is 0.440. The van der Waals surface area contributed by atoms with E-state index in [4.69, 9.17) is 9.47 Å². The van der Waals surface area contributed by atoms with Crippen molar-refractivity contribution in [1.82, 2.24) is 4.31 Å². The van der Waals surface area contributed by atoms with Crippen LogP contribution in [0.2, 0.25) is 0 Å². The minimum absolute atomic E-state index is 0.00353. The molecule has 0 radical (unpaired) electrons. The Morgan fingerprint density at radius 1 is 1.03 bits per heavy atom. The van der Waals surface area contributed by atoms with E-state index in [1.165, 1.54) is 11.2 Å². The Hall–Kier alpha value is -2.71. The van der Waals surface area contributed by atoms with Crippen molar-refractivity contribution in [3.8, 4) is 5.75 Å². The first-order valence-electron chi connectivity index (χ1n) is 11.1. The summed E-state index contributed by atoms with van der Waals surface area (Å²) < 4.78 is 38.5. The topological polar surface area (TPSA) is 90.0 Å². The van der Waals surface area contributed by atoms with E-state index in [1.54, 1.807) is 30.3 Å². The van der Waals surface area contributed by atoms with Crippen LogP contribution in [0.4, 0.5) is 0 Å². The van der Waals surface area contributed by atoms with Crippen molar-refractivity contribution in [2.75, 3.05) is 19.7 Å². The number of carbonyl (C=O) groups excluding carboxylic acids is 2. The molecule has 3 rings (SSSR count). The smallest absolute Gasteiger partial charge is 0.309 e. The monoisotopic (exact) mass is 473 g/mol. The van der Waals surface area contributed by atoms with Gasteiger partial charge in [0.1, 0.15) is 12.4 Å². The van der Waals surface area contributed by atoms with E-state index in [-0.39, 0.29) is 42.3 Å². The van der Waals surface area contributed by atoms with E-state index in [9.17, 15) is 18.0 Å². The zero-order valence-electron chi connectivity index (χ0n) is 19.6. The Morgan fingerprint density at radius 2 is 1.73 bits per heavy atom. The van der Waals surface area contributed by atoms with Crippen LogP contribution in [-0.4, -0.2) is 44.2 Å². The lowest BCUT2D eigenvalue weighted by Gasteiger charge is -2.30. The standard InChI is InChI=1S/C25H31NO6S/c1-5-31-24-9-7-21(19(4)27)15-22(24)16-32-25(28)20-10-12-26(13-11-20)33(29,30)23-8-6-17(2)18(3)14-23/h6-9,14-15,20H,5,10-13,16H2,1-4H3. The second-order valence-corrected chi connectivity index (χ2v) is 10.3. The Labute approximate surface area is 195 Å². The molecule has 1 saturated heterocycles. The van der Waals surface area contributed by atoms with Crippen LogP contribution >= 0.6 is 0 Å². The van der Waals surface area contributed by atoms with Gasteiger partial charge in [0.15, 0.2) is 5.78 Å². The van der Waals surface area contributed by atoms with E-state index in [2.05, 4.69) is 0 Å². The molecule has 7 nitrogen and oxygen atoms in total. The molecule has 1 heterocycles. The number of carbonyl (C=O) groups is 2. The highest BCUT2D eigenvalue weighted by atomic mass is 32.2. The van der Waals surface area contributed by atoms with Crippen LogP contribution in [0.1, 0.15) is 53.7 Å². The zero-order chi connectivity index (χ0) is 24.2. The second kappa shape index (κ2) is 10.5. The largest absolute Gasteiger partial charge is 0.493 e. The van der Waals surface area contributed by atoms with Crippen molar-refractivity contribution in [2.45, 2.75) is 52.0 Å². The van der Waals surface area contributed by atoms with Crippen molar-refractivity contribution in [3.63, 3.8) is 0 Å². The summed E-state index contributed by atoms with van der Waals surface area (Å²) in [5.41, 5.74) is 3.12. The summed E-state index contributed by atoms with van der Waals surface area (Å²) in [6, 6.07) is 10.2. The van der Waals surface area contributed by atoms with Gasteiger partial charge in [0.25, 0.3) is 0 Å². The van der Waals surface area contributed by atoms with Crippen molar-refractivity contribution in [3.05, 3.63) is 58.7 Å². The highest BCUT2D eigenvalue weighted by Crippen LogP contribution is 2.27. The van der Waals surface area contributed by atoms with Gasteiger partial charge in [-0.15, -0.1) is 0 Å². The maximum atomic E-state index is 13.0. The molecule has 1 aliphatic heterocycles. The van der Waals surface area contributed by atoms with Gasteiger partial charge in [-0.2, -0.15) is 4.31 Å². The third kappa shape index (κ3) is 5.81. The van der Waals surface area contributed by atoms with Crippen LogP contribution in [0.3, 0.4) is 0 Å². The van der Waals surface area contributed by atoms with E-state index in [0.29, 0.717) is 36.3 Å². The lowest BCUT2D eigenvalue weighted by molar-refractivity contribution is -0.151. The average Bonchev–Trinajstić information content (AvgIpc) is 2.80. The third-order valence-corrected chi connectivity index (χ3v) is 7.93. The van der Waals surface area contributed by atoms with Gasteiger partial charge in [-0.3, -0.25) is 9.59 Å². The molecule has 0 N–H and O–H groups in total. The van der Waals surface area contributed by atoms with Crippen LogP contribution in [0, 0.1) is 19.8 Å². The molecule has 2 aromatic rings. The predicted molar refractivity (Wildman–Crippen MR) is 125 cm³/mol. The number of piperidine rings is 1. The number of ether oxygens (including phenoxy) is 2. The quantitative estimate of drug-likeness (QED) is 0.424. The van der Waals surface area contributed by atoms with Crippen LogP contribution < -0.4 is 4.74 Å². The normalized spacial score (nSPS) is 15.3. The molecule has 0 atom stereocenters. The van der Waals surface area contributed by atoms with Crippen LogP contribution in [0.15, 0.2) is 41.3 Å². The third-order valence-electron chi connectivity index (χ3n) is 6.04. The number of Topliss-reactive ketones (excluding diaryl/α,β-unsaturated/α-hetero) is 1. The number of esters is 1. The molecule has 0 aromatic heterocycles. The first-order valence-corrected chi connectivity index (χ1v) is 12.6. The molecule has 33 heavy (non-hydrogen) atoms. The van der Waals surface area contributed by atoms with Gasteiger partial charge in [0.2, 0.25) is 10.0 Å². The number of sulfonamides is 1. The number of ketones is 1. The first kappa shape index (κ1) is 24.9. The highest BCUT2D eigenvalue weighted by Gasteiger charge is 2.33. The minimum atomic E-state index is -3.60. The number of aryl methyl sites for hydroxylation is 2. The SMILES string of the molecule is CCOc1ccc(C(C)=O)cc1COC(=O)C1CCN(S(=O)(=O)c2ccc(C)c(C)c2)CC1. The second-order valence-electron chi connectivity index (χ2n) is 8.34. The van der Waals surface area contributed by atoms with Crippen molar-refractivity contribution in [1.29, 1.82) is 0 Å². The number of nitrogens with zero attached hydrogens (tertiary/aromatic N) is 1. The Bertz CT molecular complexity index is 1130. The molecule has 0 bridgehead atoms. The summed E-state index contributed by atoms with van der Waals surface area (Å²) in [7, 11) is -3.60. The van der Waals surface area contributed by atoms with Crippen molar-refractivity contribution >= 4 is 21.8 Å². The van der Waals surface area contributed by atoms with Crippen LogP contribution in [-0.2, 0) is 26.2 Å². The molecule has 1 aliphatic rings. The molecule has 0 aliphatic carbocycles. The molecule has 2 aromatic carbocycles. The van der Waals surface area contributed by atoms with E-state index in [1.807, 2.05) is 26.8 Å². The van der Waals surface area contributed by atoms with Gasteiger partial charge in [-0.1, -0.05) is 6.07 Å². The average molecular weight is 474 g/mol. The molecule has 178 valence electrons. The van der Waals surface area contributed by atoms with E-state index in [0.717, 1.165) is 11.1 Å². The molecular formula is C25H31NO6S. The number of rotatable bonds is 8. The molecule has 1 fully saturated rings. The van der Waals surface area contributed by atoms with Gasteiger partial charge < -0.3 is 9.47 Å². The molecule has 0 saturated carbocycles. The van der Waals surface area contributed by atoms with Gasteiger partial charge >= 0.3 is 5.97 Å². The first-order chi connectivity index (χ1) is 15.6. The molecule has 0 amide bonds. The summed E-state index contributed by atoms with van der Waals surface area (Å²) in [6.07, 6.45) is 0.795.